The Hall–Kier alpha value is -2.16. The normalized spacial score (nSPS) is 11.9. The van der Waals surface area contributed by atoms with Crippen molar-refractivity contribution in [1.29, 1.82) is 0 Å². The number of halogens is 1. The number of nitrogens with zero attached hydrogens (tertiary/aromatic N) is 1. The van der Waals surface area contributed by atoms with E-state index in [1.54, 1.807) is 19.2 Å². The highest BCUT2D eigenvalue weighted by Gasteiger charge is 2.13. The van der Waals surface area contributed by atoms with Crippen molar-refractivity contribution in [2.75, 3.05) is 13.7 Å². The maximum absolute atomic E-state index is 10.7. The summed E-state index contributed by atoms with van der Waals surface area (Å²) >= 11 is 3.54. The minimum absolute atomic E-state index is 0.0426. The second-order valence-electron chi connectivity index (χ2n) is 5.98. The molecule has 0 saturated heterocycles. The number of rotatable bonds is 10. The van der Waals surface area contributed by atoms with Crippen LogP contribution in [0.2, 0.25) is 0 Å². The van der Waals surface area contributed by atoms with E-state index in [1.807, 2.05) is 19.1 Å². The fourth-order valence-corrected chi connectivity index (χ4v) is 2.91. The topological polar surface area (TPSA) is 93.9 Å². The molecule has 0 saturated carbocycles. The number of nitrogens with one attached hydrogen (secondary N) is 1. The molecule has 146 valence electrons. The molecule has 1 unspecified atom stereocenters. The molecule has 2 aromatic rings. The lowest BCUT2D eigenvalue weighted by atomic mass is 10.1. The molecule has 0 aliphatic carbocycles. The maximum atomic E-state index is 10.7. The lowest BCUT2D eigenvalue weighted by Crippen LogP contribution is -2.31. The van der Waals surface area contributed by atoms with Crippen LogP contribution in [0.4, 0.5) is 5.69 Å². The van der Waals surface area contributed by atoms with E-state index in [-0.39, 0.29) is 24.9 Å². The number of aliphatic hydroxyl groups is 1. The molecule has 0 aliphatic rings. The second kappa shape index (κ2) is 10.2. The van der Waals surface area contributed by atoms with Gasteiger partial charge in [0.15, 0.2) is 11.5 Å². The molecule has 0 amide bonds. The average molecular weight is 439 g/mol. The van der Waals surface area contributed by atoms with Crippen molar-refractivity contribution in [3.63, 3.8) is 0 Å². The van der Waals surface area contributed by atoms with Gasteiger partial charge in [-0.05, 0) is 41.8 Å². The van der Waals surface area contributed by atoms with Crippen LogP contribution in [0.25, 0.3) is 0 Å². The van der Waals surface area contributed by atoms with Crippen LogP contribution >= 0.6 is 15.9 Å². The number of non-ortho nitro benzene ring substituents is 1. The van der Waals surface area contributed by atoms with Gasteiger partial charge in [0.2, 0.25) is 0 Å². The molecule has 2 rings (SSSR count). The number of hydrogen-bond donors (Lipinski definition) is 2. The number of methoxy groups -OCH3 is 1. The largest absolute Gasteiger partial charge is 0.493 e. The number of ether oxygens (including phenoxy) is 2. The third-order valence-electron chi connectivity index (χ3n) is 4.17. The van der Waals surface area contributed by atoms with E-state index in [9.17, 15) is 15.2 Å². The molecule has 0 radical (unpaired) electrons. The van der Waals surface area contributed by atoms with E-state index in [4.69, 9.17) is 9.47 Å². The minimum atomic E-state index is -0.433. The lowest BCUT2D eigenvalue weighted by Gasteiger charge is -2.17. The zero-order chi connectivity index (χ0) is 19.8. The van der Waals surface area contributed by atoms with Gasteiger partial charge in [-0.25, -0.2) is 0 Å². The van der Waals surface area contributed by atoms with Gasteiger partial charge in [0.25, 0.3) is 5.69 Å². The Morgan fingerprint density at radius 2 is 1.96 bits per heavy atom. The van der Waals surface area contributed by atoms with Crippen LogP contribution in [0.5, 0.6) is 11.5 Å². The van der Waals surface area contributed by atoms with Crippen LogP contribution in [0.15, 0.2) is 40.9 Å². The number of benzene rings is 2. The first-order chi connectivity index (χ1) is 13.0. The van der Waals surface area contributed by atoms with Crippen molar-refractivity contribution in [2.24, 2.45) is 0 Å². The van der Waals surface area contributed by atoms with Crippen LogP contribution in [0, 0.1) is 10.1 Å². The second-order valence-corrected chi connectivity index (χ2v) is 6.83. The van der Waals surface area contributed by atoms with Crippen LogP contribution in [0.1, 0.15) is 24.5 Å². The van der Waals surface area contributed by atoms with Gasteiger partial charge in [0, 0.05) is 29.2 Å². The average Bonchev–Trinajstić information content (AvgIpc) is 2.68. The minimum Gasteiger partial charge on any atom is -0.493 e. The standard InChI is InChI=1S/C19H23BrN2O5/c1-3-15(11-23)21-10-14-8-18(26-2)19(9-17(14)20)27-12-13-4-6-16(7-5-13)22(24)25/h4-9,15,21,23H,3,10-12H2,1-2H3. The zero-order valence-corrected chi connectivity index (χ0v) is 16.9. The van der Waals surface area contributed by atoms with Gasteiger partial charge < -0.3 is 19.9 Å². The van der Waals surface area contributed by atoms with E-state index in [0.717, 1.165) is 22.0 Å². The first-order valence-corrected chi connectivity index (χ1v) is 9.34. The van der Waals surface area contributed by atoms with Gasteiger partial charge in [-0.15, -0.1) is 0 Å². The van der Waals surface area contributed by atoms with Gasteiger partial charge in [-0.2, -0.15) is 0 Å². The molecule has 2 N–H and O–H groups in total. The fraction of sp³-hybridized carbons (Fsp3) is 0.368. The number of aliphatic hydroxyl groups excluding tert-OH is 1. The summed E-state index contributed by atoms with van der Waals surface area (Å²) in [4.78, 5) is 10.3. The molecule has 27 heavy (non-hydrogen) atoms. The molecule has 1 atom stereocenters. The maximum Gasteiger partial charge on any atom is 0.269 e. The highest BCUT2D eigenvalue weighted by atomic mass is 79.9. The molecule has 2 aromatic carbocycles. The molecule has 0 spiro atoms. The molecular formula is C19H23BrN2O5. The van der Waals surface area contributed by atoms with Crippen LogP contribution < -0.4 is 14.8 Å². The van der Waals surface area contributed by atoms with Crippen LogP contribution in [0.3, 0.4) is 0 Å². The SMILES string of the molecule is CCC(CO)NCc1cc(OC)c(OCc2ccc([N+](=O)[O-])cc2)cc1Br. The van der Waals surface area contributed by atoms with Crippen molar-refractivity contribution in [2.45, 2.75) is 32.5 Å². The number of nitro benzene ring substituents is 1. The summed E-state index contributed by atoms with van der Waals surface area (Å²) in [5, 5.41) is 23.3. The van der Waals surface area contributed by atoms with Crippen LogP contribution in [-0.4, -0.2) is 29.8 Å². The first kappa shape index (κ1) is 21.1. The Morgan fingerprint density at radius 1 is 1.26 bits per heavy atom. The summed E-state index contributed by atoms with van der Waals surface area (Å²) in [7, 11) is 1.57. The van der Waals surface area contributed by atoms with Crippen molar-refractivity contribution >= 4 is 21.6 Å². The summed E-state index contributed by atoms with van der Waals surface area (Å²) in [6.45, 7) is 2.94. The number of hydrogen-bond acceptors (Lipinski definition) is 6. The van der Waals surface area contributed by atoms with E-state index in [0.29, 0.717) is 18.0 Å². The Morgan fingerprint density at radius 3 is 2.52 bits per heavy atom. The Balaban J connectivity index is 2.08. The summed E-state index contributed by atoms with van der Waals surface area (Å²) in [6.07, 6.45) is 0.835. The third-order valence-corrected chi connectivity index (χ3v) is 4.91. The van der Waals surface area contributed by atoms with Gasteiger partial charge in [0.1, 0.15) is 6.61 Å². The van der Waals surface area contributed by atoms with E-state index < -0.39 is 4.92 Å². The zero-order valence-electron chi connectivity index (χ0n) is 15.3. The van der Waals surface area contributed by atoms with Gasteiger partial charge in [-0.1, -0.05) is 22.9 Å². The Kier molecular flexibility index (Phi) is 8.02. The van der Waals surface area contributed by atoms with Crippen LogP contribution in [-0.2, 0) is 13.2 Å². The Bertz CT molecular complexity index is 763. The highest BCUT2D eigenvalue weighted by Crippen LogP contribution is 2.34. The number of nitro groups is 1. The molecular weight excluding hydrogens is 416 g/mol. The predicted molar refractivity (Wildman–Crippen MR) is 106 cm³/mol. The summed E-state index contributed by atoms with van der Waals surface area (Å²) in [6, 6.07) is 9.99. The van der Waals surface area contributed by atoms with Crippen molar-refractivity contribution in [3.8, 4) is 11.5 Å². The van der Waals surface area contributed by atoms with E-state index in [1.165, 1.54) is 12.1 Å². The molecule has 0 bridgehead atoms. The van der Waals surface area contributed by atoms with Gasteiger partial charge in [-0.3, -0.25) is 10.1 Å². The predicted octanol–water partition coefficient (Wildman–Crippen LogP) is 3.81. The summed E-state index contributed by atoms with van der Waals surface area (Å²) in [5.74, 6) is 1.16. The smallest absolute Gasteiger partial charge is 0.269 e. The first-order valence-electron chi connectivity index (χ1n) is 8.55. The molecule has 8 heteroatoms. The summed E-state index contributed by atoms with van der Waals surface area (Å²) in [5.41, 5.74) is 1.85. The highest BCUT2D eigenvalue weighted by molar-refractivity contribution is 9.10. The third kappa shape index (κ3) is 5.92. The monoisotopic (exact) mass is 438 g/mol. The van der Waals surface area contributed by atoms with Crippen molar-refractivity contribution in [3.05, 3.63) is 62.1 Å². The van der Waals surface area contributed by atoms with E-state index >= 15 is 0 Å². The molecule has 7 nitrogen and oxygen atoms in total. The molecule has 0 aromatic heterocycles. The van der Waals surface area contributed by atoms with Crippen molar-refractivity contribution in [1.82, 2.24) is 5.32 Å². The lowest BCUT2D eigenvalue weighted by molar-refractivity contribution is -0.384. The van der Waals surface area contributed by atoms with Gasteiger partial charge >= 0.3 is 0 Å². The quantitative estimate of drug-likeness (QED) is 0.432. The van der Waals surface area contributed by atoms with Gasteiger partial charge in [0.05, 0.1) is 18.6 Å². The molecule has 0 heterocycles. The molecule has 0 aliphatic heterocycles. The Labute approximate surface area is 166 Å². The summed E-state index contributed by atoms with van der Waals surface area (Å²) < 4.78 is 12.1. The fourth-order valence-electron chi connectivity index (χ4n) is 2.45. The van der Waals surface area contributed by atoms with Crippen molar-refractivity contribution < 1.29 is 19.5 Å². The van der Waals surface area contributed by atoms with E-state index in [2.05, 4.69) is 21.2 Å². The molecule has 0 fully saturated rings.